The Kier molecular flexibility index (Phi) is 4.39. The first kappa shape index (κ1) is 14.3. The molecule has 1 aromatic carbocycles. The van der Waals surface area contributed by atoms with Gasteiger partial charge in [-0.1, -0.05) is 41.9 Å². The first-order valence-electron chi connectivity index (χ1n) is 8.01. The van der Waals surface area contributed by atoms with E-state index in [0.29, 0.717) is 6.04 Å². The van der Waals surface area contributed by atoms with Crippen molar-refractivity contribution < 1.29 is 4.52 Å². The van der Waals surface area contributed by atoms with Crippen LogP contribution >= 0.6 is 0 Å². The van der Waals surface area contributed by atoms with Crippen molar-refractivity contribution in [2.24, 2.45) is 0 Å². The second kappa shape index (κ2) is 6.44. The number of rotatable bonds is 5. The topological polar surface area (TPSA) is 29.3 Å². The van der Waals surface area contributed by atoms with E-state index in [1.54, 1.807) is 0 Å². The summed E-state index contributed by atoms with van der Waals surface area (Å²) >= 11 is 0. The number of hydrogen-bond donors (Lipinski definition) is 0. The summed E-state index contributed by atoms with van der Waals surface area (Å²) in [5, 5.41) is 4.31. The van der Waals surface area contributed by atoms with Gasteiger partial charge in [0.05, 0.1) is 6.04 Å². The first-order chi connectivity index (χ1) is 10.3. The molecule has 0 amide bonds. The third-order valence-corrected chi connectivity index (χ3v) is 4.25. The maximum Gasteiger partial charge on any atom is 0.137 e. The van der Waals surface area contributed by atoms with Crippen molar-refractivity contribution in [1.82, 2.24) is 10.1 Å². The van der Waals surface area contributed by atoms with E-state index in [9.17, 15) is 0 Å². The fourth-order valence-electron chi connectivity index (χ4n) is 3.25. The van der Waals surface area contributed by atoms with Crippen molar-refractivity contribution >= 4 is 0 Å². The molecule has 1 aliphatic rings. The van der Waals surface area contributed by atoms with Crippen molar-refractivity contribution in [3.05, 3.63) is 52.9 Å². The minimum atomic E-state index is 0.417. The summed E-state index contributed by atoms with van der Waals surface area (Å²) < 4.78 is 5.46. The summed E-state index contributed by atoms with van der Waals surface area (Å²) in [5.41, 5.74) is 3.83. The van der Waals surface area contributed by atoms with Gasteiger partial charge in [-0.15, -0.1) is 0 Å². The molecular weight excluding hydrogens is 260 g/mol. The van der Waals surface area contributed by atoms with E-state index >= 15 is 0 Å². The summed E-state index contributed by atoms with van der Waals surface area (Å²) in [6.45, 7) is 6.47. The maximum atomic E-state index is 5.46. The second-order valence-electron chi connectivity index (χ2n) is 6.09. The van der Waals surface area contributed by atoms with Gasteiger partial charge in [-0.05, 0) is 38.3 Å². The molecule has 1 saturated heterocycles. The Labute approximate surface area is 126 Å². The largest absolute Gasteiger partial charge is 0.361 e. The molecule has 3 nitrogen and oxygen atoms in total. The van der Waals surface area contributed by atoms with E-state index in [1.807, 2.05) is 0 Å². The fourth-order valence-corrected chi connectivity index (χ4v) is 3.25. The van der Waals surface area contributed by atoms with Crippen molar-refractivity contribution in [2.75, 3.05) is 6.54 Å². The normalized spacial score (nSPS) is 19.2. The fraction of sp³-hybridized carbons (Fsp3) is 0.500. The molecule has 1 unspecified atom stereocenters. The number of aryl methyl sites for hydroxylation is 2. The predicted molar refractivity (Wildman–Crippen MR) is 84.1 cm³/mol. The maximum absolute atomic E-state index is 5.46. The lowest BCUT2D eigenvalue weighted by Gasteiger charge is -2.22. The van der Waals surface area contributed by atoms with Gasteiger partial charge in [0.2, 0.25) is 0 Å². The standard InChI is InChI=1S/C18H24N2O/c1-3-6-16-12-17(19-21-16)18-9-5-10-20(18)13-15-8-4-7-14(2)11-15/h4,7-8,11-12,18H,3,5-6,9-10,13H2,1-2H3. The van der Waals surface area contributed by atoms with Gasteiger partial charge in [0, 0.05) is 19.0 Å². The number of likely N-dealkylation sites (tertiary alicyclic amines) is 1. The van der Waals surface area contributed by atoms with Crippen LogP contribution in [-0.4, -0.2) is 16.6 Å². The Morgan fingerprint density at radius 3 is 3.05 bits per heavy atom. The van der Waals surface area contributed by atoms with Gasteiger partial charge < -0.3 is 4.52 Å². The monoisotopic (exact) mass is 284 g/mol. The van der Waals surface area contributed by atoms with Gasteiger partial charge >= 0.3 is 0 Å². The zero-order valence-electron chi connectivity index (χ0n) is 13.0. The summed E-state index contributed by atoms with van der Waals surface area (Å²) in [6.07, 6.45) is 4.51. The molecule has 112 valence electrons. The van der Waals surface area contributed by atoms with E-state index in [0.717, 1.165) is 37.4 Å². The molecule has 3 rings (SSSR count). The van der Waals surface area contributed by atoms with Crippen molar-refractivity contribution in [1.29, 1.82) is 0 Å². The van der Waals surface area contributed by atoms with Crippen LogP contribution in [0.3, 0.4) is 0 Å². The smallest absolute Gasteiger partial charge is 0.137 e. The van der Waals surface area contributed by atoms with Crippen LogP contribution in [0.15, 0.2) is 34.9 Å². The van der Waals surface area contributed by atoms with Gasteiger partial charge in [-0.25, -0.2) is 0 Å². The van der Waals surface area contributed by atoms with Gasteiger partial charge in [0.25, 0.3) is 0 Å². The van der Waals surface area contributed by atoms with Crippen molar-refractivity contribution in [2.45, 2.75) is 52.1 Å². The van der Waals surface area contributed by atoms with Gasteiger partial charge in [0.1, 0.15) is 11.5 Å². The molecule has 3 heteroatoms. The predicted octanol–water partition coefficient (Wildman–Crippen LogP) is 4.27. The van der Waals surface area contributed by atoms with Gasteiger partial charge in [-0.3, -0.25) is 4.90 Å². The highest BCUT2D eigenvalue weighted by Gasteiger charge is 2.28. The second-order valence-corrected chi connectivity index (χ2v) is 6.09. The molecule has 0 N–H and O–H groups in total. The first-order valence-corrected chi connectivity index (χ1v) is 8.01. The van der Waals surface area contributed by atoms with Crippen LogP contribution in [-0.2, 0) is 13.0 Å². The third kappa shape index (κ3) is 3.35. The van der Waals surface area contributed by atoms with Crippen molar-refractivity contribution in [3.63, 3.8) is 0 Å². The quantitative estimate of drug-likeness (QED) is 0.821. The van der Waals surface area contributed by atoms with E-state index in [-0.39, 0.29) is 0 Å². The Hall–Kier alpha value is -1.61. The third-order valence-electron chi connectivity index (χ3n) is 4.25. The Morgan fingerprint density at radius 1 is 1.33 bits per heavy atom. The molecular formula is C18H24N2O. The van der Waals surface area contributed by atoms with Crippen LogP contribution < -0.4 is 0 Å². The van der Waals surface area contributed by atoms with E-state index in [1.165, 1.54) is 24.0 Å². The zero-order chi connectivity index (χ0) is 14.7. The Morgan fingerprint density at radius 2 is 2.24 bits per heavy atom. The summed E-state index contributed by atoms with van der Waals surface area (Å²) in [7, 11) is 0. The SMILES string of the molecule is CCCc1cc(C2CCCN2Cc2cccc(C)c2)no1. The average molecular weight is 284 g/mol. The van der Waals surface area contributed by atoms with Crippen LogP contribution in [0.1, 0.15) is 54.8 Å². The molecule has 1 atom stereocenters. The lowest BCUT2D eigenvalue weighted by Crippen LogP contribution is -2.23. The molecule has 0 radical (unpaired) electrons. The van der Waals surface area contributed by atoms with Gasteiger partial charge in [-0.2, -0.15) is 0 Å². The van der Waals surface area contributed by atoms with Gasteiger partial charge in [0.15, 0.2) is 0 Å². The summed E-state index contributed by atoms with van der Waals surface area (Å²) in [4.78, 5) is 2.53. The molecule has 1 aromatic heterocycles. The molecule has 1 fully saturated rings. The van der Waals surface area contributed by atoms with Crippen molar-refractivity contribution in [3.8, 4) is 0 Å². The lowest BCUT2D eigenvalue weighted by atomic mass is 10.1. The number of nitrogens with zero attached hydrogens (tertiary/aromatic N) is 2. The molecule has 1 aliphatic heterocycles. The molecule has 2 heterocycles. The van der Waals surface area contributed by atoms with E-state index in [4.69, 9.17) is 4.52 Å². The van der Waals surface area contributed by atoms with E-state index in [2.05, 4.69) is 54.2 Å². The molecule has 0 bridgehead atoms. The Bertz CT molecular complexity index is 590. The van der Waals surface area contributed by atoms with E-state index < -0.39 is 0 Å². The highest BCUT2D eigenvalue weighted by molar-refractivity contribution is 5.23. The average Bonchev–Trinajstić information content (AvgIpc) is 3.08. The minimum Gasteiger partial charge on any atom is -0.361 e. The number of hydrogen-bond acceptors (Lipinski definition) is 3. The molecule has 0 spiro atoms. The lowest BCUT2D eigenvalue weighted by molar-refractivity contribution is 0.236. The zero-order valence-corrected chi connectivity index (χ0v) is 13.0. The molecule has 0 aliphatic carbocycles. The molecule has 2 aromatic rings. The molecule has 21 heavy (non-hydrogen) atoms. The summed E-state index contributed by atoms with van der Waals surface area (Å²) in [6, 6.07) is 11.4. The number of aromatic nitrogens is 1. The van der Waals surface area contributed by atoms with Crippen LogP contribution in [0, 0.1) is 6.92 Å². The Balaban J connectivity index is 1.72. The summed E-state index contributed by atoms with van der Waals surface area (Å²) in [5.74, 6) is 1.02. The highest BCUT2D eigenvalue weighted by atomic mass is 16.5. The molecule has 0 saturated carbocycles. The van der Waals surface area contributed by atoms with Crippen LogP contribution in [0.5, 0.6) is 0 Å². The van der Waals surface area contributed by atoms with Crippen LogP contribution in [0.4, 0.5) is 0 Å². The minimum absolute atomic E-state index is 0.417. The van der Waals surface area contributed by atoms with Crippen LogP contribution in [0.2, 0.25) is 0 Å². The highest BCUT2D eigenvalue weighted by Crippen LogP contribution is 2.33. The number of benzene rings is 1. The van der Waals surface area contributed by atoms with Crippen LogP contribution in [0.25, 0.3) is 0 Å².